The Morgan fingerprint density at radius 1 is 0.778 bits per heavy atom. The van der Waals surface area contributed by atoms with Crippen molar-refractivity contribution in [3.05, 3.63) is 0 Å². The number of hydrogen-bond acceptors (Lipinski definition) is 4. The second kappa shape index (κ2) is 12.2. The second-order valence-corrected chi connectivity index (χ2v) is 3.89. The molecule has 0 spiro atoms. The number of rotatable bonds is 0. The molecule has 0 aliphatic heterocycles. The minimum absolute atomic E-state index is 0. The Bertz CT molecular complexity index is 128. The maximum absolute atomic E-state index is 8.73. The molecule has 0 heterocycles. The van der Waals surface area contributed by atoms with Gasteiger partial charge in [-0.25, -0.2) is 0 Å². The smallest absolute Gasteiger partial charge is 0 e. The minimum atomic E-state index is -4.09. The first kappa shape index (κ1) is 16.9. The van der Waals surface area contributed by atoms with Crippen LogP contribution >= 0.6 is 0 Å². The minimum Gasteiger partial charge on any atom is 0 e. The molecule has 2 N–H and O–H groups in total. The van der Waals surface area contributed by atoms with Crippen LogP contribution in [0, 0.1) is 0 Å². The van der Waals surface area contributed by atoms with Crippen molar-refractivity contribution in [3.8, 4) is 0 Å². The normalized spacial score (nSPS) is 5.56. The van der Waals surface area contributed by atoms with E-state index < -0.39 is 37.6 Å². The molecule has 0 aliphatic carbocycles. The van der Waals surface area contributed by atoms with Gasteiger partial charge in [0.05, 0.1) is 0 Å². The summed E-state index contributed by atoms with van der Waals surface area (Å²) in [5, 5.41) is 0. The van der Waals surface area contributed by atoms with Crippen molar-refractivity contribution in [2.45, 2.75) is 0 Å². The Hall–Kier alpha value is 1.52. The quantitative estimate of drug-likeness (QED) is 0.291. The van der Waals surface area contributed by atoms with Crippen LogP contribution in [0.3, 0.4) is 0 Å². The van der Waals surface area contributed by atoms with Gasteiger partial charge in [0, 0.05) is 27.3 Å². The molecule has 6 nitrogen and oxygen atoms in total. The van der Waals surface area contributed by atoms with Gasteiger partial charge in [0.1, 0.15) is 0 Å². The van der Waals surface area contributed by atoms with Gasteiger partial charge in [0.15, 0.2) is 0 Å². The van der Waals surface area contributed by atoms with E-state index in [1.54, 1.807) is 0 Å². The molecule has 0 fully saturated rings. The maximum Gasteiger partial charge on any atom is 0 e. The van der Waals surface area contributed by atoms with E-state index in [0.29, 0.717) is 0 Å². The Morgan fingerprint density at radius 3 is 0.778 bits per heavy atom. The summed E-state index contributed by atoms with van der Waals surface area (Å²) >= 11 is -8.19. The SMILES string of the molecule is [O]=[Ta](=[O])[OH].[O]=[Ta](=[O])[OH].[Pb]. The van der Waals surface area contributed by atoms with Crippen molar-refractivity contribution in [2.24, 2.45) is 0 Å². The molecule has 0 aromatic heterocycles. The van der Waals surface area contributed by atoms with Crippen molar-refractivity contribution in [1.29, 1.82) is 0 Å². The molecule has 0 saturated heterocycles. The zero-order chi connectivity index (χ0) is 7.15. The summed E-state index contributed by atoms with van der Waals surface area (Å²) in [4.78, 5) is 0. The molecule has 52 valence electrons. The molecule has 0 amide bonds. The van der Waals surface area contributed by atoms with Crippen LogP contribution in [-0.2, 0) is 50.6 Å². The third-order valence-corrected chi connectivity index (χ3v) is 0. The monoisotopic (exact) mass is 668 g/mol. The van der Waals surface area contributed by atoms with Gasteiger partial charge in [-0.15, -0.1) is 0 Å². The van der Waals surface area contributed by atoms with E-state index in [1.807, 2.05) is 0 Å². The first-order valence-electron chi connectivity index (χ1n) is 1.13. The van der Waals surface area contributed by atoms with Crippen LogP contribution in [0.25, 0.3) is 0 Å². The summed E-state index contributed by atoms with van der Waals surface area (Å²) in [7, 11) is 0. The molecule has 0 rings (SSSR count). The largest absolute Gasteiger partial charge is 0 e. The Kier molecular flexibility index (Phi) is 22.9. The van der Waals surface area contributed by atoms with Crippen molar-refractivity contribution in [1.82, 2.24) is 0 Å². The molecule has 9 heavy (non-hydrogen) atoms. The van der Waals surface area contributed by atoms with Crippen LogP contribution in [0.5, 0.6) is 0 Å². The van der Waals surface area contributed by atoms with Gasteiger partial charge < -0.3 is 0 Å². The summed E-state index contributed by atoms with van der Waals surface area (Å²) in [6, 6.07) is 0. The van der Waals surface area contributed by atoms with Gasteiger partial charge >= 0.3 is 57.8 Å². The van der Waals surface area contributed by atoms with Gasteiger partial charge in [-0.2, -0.15) is 0 Å². The molecular weight excluding hydrogens is 665 g/mol. The first-order valence-corrected chi connectivity index (χ1v) is 9.25. The summed E-state index contributed by atoms with van der Waals surface area (Å²) in [5.74, 6) is 0. The van der Waals surface area contributed by atoms with Crippen LogP contribution in [0.4, 0.5) is 0 Å². The molecule has 0 aromatic carbocycles. The topological polar surface area (TPSA) is 109 Å². The predicted octanol–water partition coefficient (Wildman–Crippen LogP) is -1.98. The summed E-state index contributed by atoms with van der Waals surface area (Å²) in [6.07, 6.45) is 0. The maximum atomic E-state index is 8.73. The van der Waals surface area contributed by atoms with Crippen molar-refractivity contribution < 1.29 is 57.8 Å². The van der Waals surface area contributed by atoms with E-state index in [1.165, 1.54) is 0 Å². The predicted molar refractivity (Wildman–Crippen MR) is 12.9 cm³/mol. The van der Waals surface area contributed by atoms with Gasteiger partial charge in [-0.1, -0.05) is 0 Å². The van der Waals surface area contributed by atoms with E-state index >= 15 is 0 Å². The molecule has 0 atom stereocenters. The van der Waals surface area contributed by atoms with Crippen molar-refractivity contribution in [2.75, 3.05) is 0 Å². The summed E-state index contributed by atoms with van der Waals surface area (Å²) < 4.78 is 49.2. The van der Waals surface area contributed by atoms with E-state index in [0.717, 1.165) is 0 Å². The van der Waals surface area contributed by atoms with Crippen molar-refractivity contribution >= 4 is 27.3 Å². The first-order chi connectivity index (χ1) is 3.46. The molecule has 4 radical (unpaired) electrons. The zero-order valence-corrected chi connectivity index (χ0v) is 14.2. The standard InChI is InChI=1S/2H2O.4O.Pb.2Ta/h2*1H2;;;;;;;/q;;;;;;;2*+1/p-2. The fraction of sp³-hybridized carbons (Fsp3) is 0. The molecular formula is H2O6PbTa2. The average Bonchev–Trinajstić information content (AvgIpc) is 1.25. The fourth-order valence-electron chi connectivity index (χ4n) is 0. The Labute approximate surface area is 84.0 Å². The molecule has 0 unspecified atom stereocenters. The summed E-state index contributed by atoms with van der Waals surface area (Å²) in [5.41, 5.74) is 0. The van der Waals surface area contributed by atoms with E-state index in [4.69, 9.17) is 20.2 Å². The average molecular weight is 667 g/mol. The van der Waals surface area contributed by atoms with Crippen LogP contribution in [-0.4, -0.2) is 34.5 Å². The molecule has 0 bridgehead atoms. The molecule has 9 heteroatoms. The van der Waals surface area contributed by atoms with Crippen LogP contribution < -0.4 is 0 Å². The second-order valence-electron chi connectivity index (χ2n) is 0.476. The van der Waals surface area contributed by atoms with Crippen LogP contribution in [0.15, 0.2) is 0 Å². The molecule has 0 saturated carbocycles. The molecule has 0 aromatic rings. The van der Waals surface area contributed by atoms with E-state index in [2.05, 4.69) is 0 Å². The Morgan fingerprint density at radius 2 is 0.778 bits per heavy atom. The van der Waals surface area contributed by atoms with Gasteiger partial charge in [0.2, 0.25) is 0 Å². The fourth-order valence-corrected chi connectivity index (χ4v) is 0. The van der Waals surface area contributed by atoms with E-state index in [9.17, 15) is 0 Å². The van der Waals surface area contributed by atoms with Gasteiger partial charge in [-0.05, 0) is 0 Å². The van der Waals surface area contributed by atoms with Crippen LogP contribution in [0.1, 0.15) is 0 Å². The third-order valence-electron chi connectivity index (χ3n) is 0. The van der Waals surface area contributed by atoms with E-state index in [-0.39, 0.29) is 27.3 Å². The van der Waals surface area contributed by atoms with Crippen LogP contribution in [0.2, 0.25) is 0 Å². The number of hydrogen-bond donors (Lipinski definition) is 2. The Balaban J connectivity index is -0.0000000720. The summed E-state index contributed by atoms with van der Waals surface area (Å²) in [6.45, 7) is 0. The molecule has 0 aliphatic rings. The van der Waals surface area contributed by atoms with Gasteiger partial charge in [0.25, 0.3) is 0 Å². The van der Waals surface area contributed by atoms with Gasteiger partial charge in [-0.3, -0.25) is 0 Å². The zero-order valence-electron chi connectivity index (χ0n) is 3.92. The third kappa shape index (κ3) is 232. The van der Waals surface area contributed by atoms with Crippen molar-refractivity contribution in [3.63, 3.8) is 0 Å².